The molecule has 2 saturated heterocycles. The van der Waals surface area contributed by atoms with Crippen molar-refractivity contribution in [1.82, 2.24) is 19.8 Å². The van der Waals surface area contributed by atoms with Gasteiger partial charge in [-0.3, -0.25) is 14.6 Å². The lowest BCUT2D eigenvalue weighted by Gasteiger charge is -2.42. The standard InChI is InChI=1S/C13H17N5O2/c14-11-6-15-9(5-16-11)7-17-8-12(19)18-4-2-1-3-10(18)13(17)20/h5-6,10H,1-4,7-8H2,(H2,14,16). The highest BCUT2D eigenvalue weighted by Crippen LogP contribution is 2.23. The summed E-state index contributed by atoms with van der Waals surface area (Å²) in [6.45, 7) is 1.13. The van der Waals surface area contributed by atoms with Gasteiger partial charge in [-0.15, -0.1) is 0 Å². The summed E-state index contributed by atoms with van der Waals surface area (Å²) in [5.74, 6) is 0.383. The number of hydrogen-bond acceptors (Lipinski definition) is 5. The van der Waals surface area contributed by atoms with Crippen LogP contribution in [0.3, 0.4) is 0 Å². The second kappa shape index (κ2) is 5.07. The predicted molar refractivity (Wildman–Crippen MR) is 71.2 cm³/mol. The van der Waals surface area contributed by atoms with Crippen LogP contribution in [0.2, 0.25) is 0 Å². The van der Waals surface area contributed by atoms with E-state index in [-0.39, 0.29) is 24.4 Å². The van der Waals surface area contributed by atoms with Crippen molar-refractivity contribution in [3.8, 4) is 0 Å². The summed E-state index contributed by atoms with van der Waals surface area (Å²) < 4.78 is 0. The Morgan fingerprint density at radius 1 is 1.25 bits per heavy atom. The first kappa shape index (κ1) is 12.8. The van der Waals surface area contributed by atoms with Crippen LogP contribution >= 0.6 is 0 Å². The third-order valence-electron chi connectivity index (χ3n) is 3.82. The van der Waals surface area contributed by atoms with Crippen molar-refractivity contribution < 1.29 is 9.59 Å². The van der Waals surface area contributed by atoms with E-state index in [1.807, 2.05) is 0 Å². The largest absolute Gasteiger partial charge is 0.382 e. The van der Waals surface area contributed by atoms with Gasteiger partial charge in [-0.1, -0.05) is 0 Å². The minimum atomic E-state index is -0.285. The molecular formula is C13H17N5O2. The van der Waals surface area contributed by atoms with Gasteiger partial charge in [-0.2, -0.15) is 0 Å². The Bertz CT molecular complexity index is 530. The molecule has 2 fully saturated rings. The second-order valence-corrected chi connectivity index (χ2v) is 5.23. The molecule has 2 aliphatic heterocycles. The van der Waals surface area contributed by atoms with Crippen LogP contribution in [-0.2, 0) is 16.1 Å². The molecule has 1 aromatic heterocycles. The van der Waals surface area contributed by atoms with E-state index in [1.165, 1.54) is 6.20 Å². The van der Waals surface area contributed by atoms with Gasteiger partial charge >= 0.3 is 0 Å². The van der Waals surface area contributed by atoms with Gasteiger partial charge in [0.2, 0.25) is 11.8 Å². The van der Waals surface area contributed by atoms with Crippen LogP contribution in [0, 0.1) is 0 Å². The number of nitrogen functional groups attached to an aromatic ring is 1. The molecule has 2 aliphatic rings. The van der Waals surface area contributed by atoms with E-state index in [2.05, 4.69) is 9.97 Å². The summed E-state index contributed by atoms with van der Waals surface area (Å²) in [4.78, 5) is 35.9. The lowest BCUT2D eigenvalue weighted by Crippen LogP contribution is -2.60. The van der Waals surface area contributed by atoms with Crippen molar-refractivity contribution in [3.63, 3.8) is 0 Å². The first-order valence-corrected chi connectivity index (χ1v) is 6.80. The summed E-state index contributed by atoms with van der Waals surface area (Å²) >= 11 is 0. The molecule has 2 amide bonds. The lowest BCUT2D eigenvalue weighted by atomic mass is 9.98. The summed E-state index contributed by atoms with van der Waals surface area (Å²) in [7, 11) is 0. The van der Waals surface area contributed by atoms with Crippen molar-refractivity contribution in [2.45, 2.75) is 31.8 Å². The van der Waals surface area contributed by atoms with E-state index < -0.39 is 0 Å². The Labute approximate surface area is 116 Å². The summed E-state index contributed by atoms with van der Waals surface area (Å²) in [5, 5.41) is 0. The van der Waals surface area contributed by atoms with Crippen LogP contribution in [0.1, 0.15) is 25.0 Å². The molecule has 3 rings (SSSR count). The molecular weight excluding hydrogens is 258 g/mol. The topological polar surface area (TPSA) is 92.4 Å². The maximum Gasteiger partial charge on any atom is 0.246 e. The van der Waals surface area contributed by atoms with Crippen molar-refractivity contribution in [3.05, 3.63) is 18.1 Å². The van der Waals surface area contributed by atoms with E-state index >= 15 is 0 Å². The van der Waals surface area contributed by atoms with Gasteiger partial charge in [-0.05, 0) is 19.3 Å². The maximum absolute atomic E-state index is 12.4. The SMILES string of the molecule is Nc1cnc(CN2CC(=O)N3CCCCC3C2=O)cn1. The lowest BCUT2D eigenvalue weighted by molar-refractivity contribution is -0.158. The van der Waals surface area contributed by atoms with Crippen molar-refractivity contribution in [2.75, 3.05) is 18.8 Å². The number of piperidine rings is 1. The third-order valence-corrected chi connectivity index (χ3v) is 3.82. The number of carbonyl (C=O) groups is 2. The van der Waals surface area contributed by atoms with Gasteiger partial charge in [0.1, 0.15) is 18.4 Å². The first-order chi connectivity index (χ1) is 9.65. The van der Waals surface area contributed by atoms with Crippen molar-refractivity contribution in [2.24, 2.45) is 0 Å². The van der Waals surface area contributed by atoms with Crippen LogP contribution < -0.4 is 5.73 Å². The molecule has 0 spiro atoms. The van der Waals surface area contributed by atoms with E-state index in [0.717, 1.165) is 19.3 Å². The van der Waals surface area contributed by atoms with E-state index in [9.17, 15) is 9.59 Å². The quantitative estimate of drug-likeness (QED) is 0.805. The number of nitrogens with zero attached hydrogens (tertiary/aromatic N) is 4. The fourth-order valence-electron chi connectivity index (χ4n) is 2.81. The average molecular weight is 275 g/mol. The number of anilines is 1. The molecule has 0 bridgehead atoms. The molecule has 0 radical (unpaired) electrons. The highest BCUT2D eigenvalue weighted by molar-refractivity contribution is 5.95. The molecule has 1 unspecified atom stereocenters. The number of nitrogens with two attached hydrogens (primary N) is 1. The number of aromatic nitrogens is 2. The highest BCUT2D eigenvalue weighted by Gasteiger charge is 2.40. The van der Waals surface area contributed by atoms with Gasteiger partial charge in [0.25, 0.3) is 0 Å². The fourth-order valence-corrected chi connectivity index (χ4v) is 2.81. The predicted octanol–water partition coefficient (Wildman–Crippen LogP) is -0.218. The Morgan fingerprint density at radius 3 is 2.85 bits per heavy atom. The molecule has 0 saturated carbocycles. The second-order valence-electron chi connectivity index (χ2n) is 5.23. The zero-order chi connectivity index (χ0) is 14.1. The number of piperazine rings is 1. The Morgan fingerprint density at radius 2 is 2.10 bits per heavy atom. The third kappa shape index (κ3) is 2.31. The number of fused-ring (bicyclic) bond motifs is 1. The summed E-state index contributed by atoms with van der Waals surface area (Å²) in [6.07, 6.45) is 5.74. The zero-order valence-electron chi connectivity index (χ0n) is 11.2. The number of rotatable bonds is 2. The number of hydrogen-bond donors (Lipinski definition) is 1. The minimum absolute atomic E-state index is 0.0166. The van der Waals surface area contributed by atoms with E-state index in [1.54, 1.807) is 16.0 Å². The normalized spacial score (nSPS) is 22.9. The molecule has 1 atom stereocenters. The number of carbonyl (C=O) groups excluding carboxylic acids is 2. The molecule has 106 valence electrons. The van der Waals surface area contributed by atoms with Gasteiger partial charge in [0.05, 0.1) is 24.6 Å². The van der Waals surface area contributed by atoms with Crippen LogP contribution in [0.4, 0.5) is 5.82 Å². The Kier molecular flexibility index (Phi) is 3.25. The average Bonchev–Trinajstić information content (AvgIpc) is 2.47. The fraction of sp³-hybridized carbons (Fsp3) is 0.538. The van der Waals surface area contributed by atoms with Gasteiger partial charge < -0.3 is 15.5 Å². The molecule has 20 heavy (non-hydrogen) atoms. The van der Waals surface area contributed by atoms with E-state index in [0.29, 0.717) is 24.6 Å². The van der Waals surface area contributed by atoms with Gasteiger partial charge in [0, 0.05) is 6.54 Å². The monoisotopic (exact) mass is 275 g/mol. The molecule has 2 N–H and O–H groups in total. The van der Waals surface area contributed by atoms with Crippen LogP contribution in [0.5, 0.6) is 0 Å². The Balaban J connectivity index is 1.75. The number of amides is 2. The minimum Gasteiger partial charge on any atom is -0.382 e. The first-order valence-electron chi connectivity index (χ1n) is 6.80. The molecule has 0 aliphatic carbocycles. The van der Waals surface area contributed by atoms with Crippen LogP contribution in [0.15, 0.2) is 12.4 Å². The molecule has 7 heteroatoms. The highest BCUT2D eigenvalue weighted by atomic mass is 16.2. The molecule has 0 aromatic carbocycles. The maximum atomic E-state index is 12.4. The molecule has 7 nitrogen and oxygen atoms in total. The smallest absolute Gasteiger partial charge is 0.246 e. The molecule has 3 heterocycles. The summed E-state index contributed by atoms with van der Waals surface area (Å²) in [6, 6.07) is -0.285. The van der Waals surface area contributed by atoms with Gasteiger partial charge in [0.15, 0.2) is 0 Å². The van der Waals surface area contributed by atoms with Crippen molar-refractivity contribution >= 4 is 17.6 Å². The van der Waals surface area contributed by atoms with Gasteiger partial charge in [-0.25, -0.2) is 4.98 Å². The summed E-state index contributed by atoms with van der Waals surface area (Å²) in [5.41, 5.74) is 6.12. The zero-order valence-corrected chi connectivity index (χ0v) is 11.2. The van der Waals surface area contributed by atoms with E-state index in [4.69, 9.17) is 5.73 Å². The van der Waals surface area contributed by atoms with Crippen LogP contribution in [-0.4, -0.2) is 50.7 Å². The van der Waals surface area contributed by atoms with Crippen molar-refractivity contribution in [1.29, 1.82) is 0 Å². The van der Waals surface area contributed by atoms with Crippen LogP contribution in [0.25, 0.3) is 0 Å². The molecule has 1 aromatic rings. The Hall–Kier alpha value is -2.18.